The van der Waals surface area contributed by atoms with E-state index >= 15 is 0 Å². The summed E-state index contributed by atoms with van der Waals surface area (Å²) in [5, 5.41) is 11.1. The first-order chi connectivity index (χ1) is 10.3. The molecule has 0 amide bonds. The summed E-state index contributed by atoms with van der Waals surface area (Å²) in [4.78, 5) is 4.75. The Morgan fingerprint density at radius 2 is 1.91 bits per heavy atom. The van der Waals surface area contributed by atoms with E-state index in [1.54, 1.807) is 0 Å². The second-order valence-corrected chi connectivity index (χ2v) is 7.98. The van der Waals surface area contributed by atoms with E-state index in [4.69, 9.17) is 28.2 Å². The lowest BCUT2D eigenvalue weighted by molar-refractivity contribution is 0.180. The van der Waals surface area contributed by atoms with Crippen LogP contribution in [0.15, 0.2) is 12.1 Å². The standard InChI is InChI=1S/C16H22Cl2N2OS/c1-5-22-15(6-9(2)21)10(3)16-19-13-7-11(17)12(18)8-14(13)20(16)4/h7-10,15,21H,5-6H2,1-4H3. The average molecular weight is 361 g/mol. The summed E-state index contributed by atoms with van der Waals surface area (Å²) in [6, 6.07) is 3.67. The zero-order valence-corrected chi connectivity index (χ0v) is 15.6. The molecule has 3 atom stereocenters. The van der Waals surface area contributed by atoms with Crippen LogP contribution < -0.4 is 0 Å². The van der Waals surface area contributed by atoms with Crippen molar-refractivity contribution in [3.8, 4) is 0 Å². The lowest BCUT2D eigenvalue weighted by Gasteiger charge is -2.24. The molecular weight excluding hydrogens is 339 g/mol. The van der Waals surface area contributed by atoms with Gasteiger partial charge in [-0.3, -0.25) is 0 Å². The maximum Gasteiger partial charge on any atom is 0.113 e. The number of hydrogen-bond acceptors (Lipinski definition) is 3. The zero-order chi connectivity index (χ0) is 16.4. The van der Waals surface area contributed by atoms with Crippen molar-refractivity contribution in [1.29, 1.82) is 0 Å². The summed E-state index contributed by atoms with van der Waals surface area (Å²) in [6.07, 6.45) is 0.440. The fraction of sp³-hybridized carbons (Fsp3) is 0.562. The Morgan fingerprint density at radius 1 is 1.27 bits per heavy atom. The monoisotopic (exact) mass is 360 g/mol. The molecule has 0 spiro atoms. The highest BCUT2D eigenvalue weighted by Gasteiger charge is 2.25. The maximum atomic E-state index is 9.75. The molecule has 6 heteroatoms. The van der Waals surface area contributed by atoms with Gasteiger partial charge >= 0.3 is 0 Å². The van der Waals surface area contributed by atoms with Crippen LogP contribution in [0.25, 0.3) is 11.0 Å². The molecule has 2 rings (SSSR count). The van der Waals surface area contributed by atoms with Gasteiger partial charge < -0.3 is 9.67 Å². The van der Waals surface area contributed by atoms with Crippen LogP contribution in [-0.2, 0) is 7.05 Å². The summed E-state index contributed by atoms with van der Waals surface area (Å²) in [6.45, 7) is 6.14. The molecule has 3 unspecified atom stereocenters. The van der Waals surface area contributed by atoms with Gasteiger partial charge in [0.25, 0.3) is 0 Å². The van der Waals surface area contributed by atoms with Crippen LogP contribution in [0.5, 0.6) is 0 Å². The SMILES string of the molecule is CCSC(CC(C)O)C(C)c1nc2cc(Cl)c(Cl)cc2n1C. The molecule has 122 valence electrons. The fourth-order valence-corrected chi connectivity index (χ4v) is 4.32. The van der Waals surface area contributed by atoms with Gasteiger partial charge in [0, 0.05) is 18.2 Å². The van der Waals surface area contributed by atoms with Crippen molar-refractivity contribution in [3.63, 3.8) is 0 Å². The van der Waals surface area contributed by atoms with Gasteiger partial charge in [-0.15, -0.1) is 0 Å². The van der Waals surface area contributed by atoms with Gasteiger partial charge in [-0.2, -0.15) is 11.8 Å². The molecule has 3 nitrogen and oxygen atoms in total. The topological polar surface area (TPSA) is 38.1 Å². The van der Waals surface area contributed by atoms with Gasteiger partial charge in [0.05, 0.1) is 27.2 Å². The first-order valence-corrected chi connectivity index (χ1v) is 9.26. The highest BCUT2D eigenvalue weighted by Crippen LogP contribution is 2.34. The van der Waals surface area contributed by atoms with Crippen LogP contribution in [0.3, 0.4) is 0 Å². The number of aryl methyl sites for hydroxylation is 1. The lowest BCUT2D eigenvalue weighted by atomic mass is 10.0. The number of benzene rings is 1. The molecule has 1 aromatic heterocycles. The molecule has 0 saturated carbocycles. The van der Waals surface area contributed by atoms with Crippen molar-refractivity contribution in [3.05, 3.63) is 28.0 Å². The third kappa shape index (κ3) is 3.73. The Morgan fingerprint density at radius 3 is 2.50 bits per heavy atom. The molecule has 0 fully saturated rings. The molecule has 2 aromatic rings. The minimum atomic E-state index is -0.315. The molecule has 0 aliphatic rings. The Bertz CT molecular complexity index is 657. The number of aromatic nitrogens is 2. The summed E-state index contributed by atoms with van der Waals surface area (Å²) < 4.78 is 2.08. The van der Waals surface area contributed by atoms with E-state index in [1.807, 2.05) is 37.9 Å². The number of aliphatic hydroxyl groups is 1. The van der Waals surface area contributed by atoms with Crippen LogP contribution >= 0.6 is 35.0 Å². The number of thioether (sulfide) groups is 1. The van der Waals surface area contributed by atoms with Gasteiger partial charge in [-0.05, 0) is 31.2 Å². The van der Waals surface area contributed by atoms with E-state index in [-0.39, 0.29) is 12.0 Å². The van der Waals surface area contributed by atoms with Crippen LogP contribution in [0.4, 0.5) is 0 Å². The molecule has 22 heavy (non-hydrogen) atoms. The van der Waals surface area contributed by atoms with E-state index in [2.05, 4.69) is 18.4 Å². The number of hydrogen-bond donors (Lipinski definition) is 1. The second-order valence-electron chi connectivity index (χ2n) is 5.65. The molecule has 0 bridgehead atoms. The average Bonchev–Trinajstić information content (AvgIpc) is 2.75. The van der Waals surface area contributed by atoms with E-state index in [9.17, 15) is 5.11 Å². The predicted molar refractivity (Wildman–Crippen MR) is 97.4 cm³/mol. The first kappa shape index (κ1) is 17.9. The lowest BCUT2D eigenvalue weighted by Crippen LogP contribution is -2.21. The molecular formula is C16H22Cl2N2OS. The third-order valence-electron chi connectivity index (χ3n) is 3.88. The largest absolute Gasteiger partial charge is 0.393 e. The Balaban J connectivity index is 2.41. The van der Waals surface area contributed by atoms with Crippen LogP contribution in [0.2, 0.25) is 10.0 Å². The molecule has 1 heterocycles. The fourth-order valence-electron chi connectivity index (χ4n) is 2.75. The van der Waals surface area contributed by atoms with Crippen molar-refractivity contribution in [1.82, 2.24) is 9.55 Å². The quantitative estimate of drug-likeness (QED) is 0.797. The Labute approximate surface area is 146 Å². The smallest absolute Gasteiger partial charge is 0.113 e. The number of fused-ring (bicyclic) bond motifs is 1. The number of aliphatic hydroxyl groups excluding tert-OH is 1. The summed E-state index contributed by atoms with van der Waals surface area (Å²) in [7, 11) is 2.00. The van der Waals surface area contributed by atoms with Gasteiger partial charge in [-0.1, -0.05) is 37.0 Å². The summed E-state index contributed by atoms with van der Waals surface area (Å²) in [5.74, 6) is 2.25. The van der Waals surface area contributed by atoms with Crippen molar-refractivity contribution >= 4 is 46.0 Å². The Hall–Kier alpha value is -0.420. The van der Waals surface area contributed by atoms with Crippen LogP contribution in [-0.4, -0.2) is 31.8 Å². The number of rotatable bonds is 6. The van der Waals surface area contributed by atoms with E-state index in [1.165, 1.54) is 0 Å². The van der Waals surface area contributed by atoms with Gasteiger partial charge in [0.2, 0.25) is 0 Å². The van der Waals surface area contributed by atoms with Crippen molar-refractivity contribution in [2.24, 2.45) is 7.05 Å². The van der Waals surface area contributed by atoms with Crippen LogP contribution in [0, 0.1) is 0 Å². The normalized spacial score (nSPS) is 16.0. The number of nitrogens with zero attached hydrogens (tertiary/aromatic N) is 2. The summed E-state index contributed by atoms with van der Waals surface area (Å²) in [5.41, 5.74) is 1.84. The minimum Gasteiger partial charge on any atom is -0.393 e. The van der Waals surface area contributed by atoms with Crippen molar-refractivity contribution in [2.75, 3.05) is 5.75 Å². The van der Waals surface area contributed by atoms with E-state index in [0.717, 1.165) is 29.0 Å². The Kier molecular flexibility index (Phi) is 6.06. The van der Waals surface area contributed by atoms with Gasteiger partial charge in [0.1, 0.15) is 5.82 Å². The van der Waals surface area contributed by atoms with E-state index < -0.39 is 0 Å². The maximum absolute atomic E-state index is 9.75. The zero-order valence-electron chi connectivity index (χ0n) is 13.3. The van der Waals surface area contributed by atoms with Crippen molar-refractivity contribution in [2.45, 2.75) is 44.5 Å². The van der Waals surface area contributed by atoms with Gasteiger partial charge in [-0.25, -0.2) is 4.98 Å². The molecule has 0 aliphatic carbocycles. The second kappa shape index (κ2) is 7.43. The van der Waals surface area contributed by atoms with Gasteiger partial charge in [0.15, 0.2) is 0 Å². The summed E-state index contributed by atoms with van der Waals surface area (Å²) >= 11 is 14.1. The molecule has 0 radical (unpaired) electrons. The molecule has 1 aromatic carbocycles. The number of imidazole rings is 1. The predicted octanol–water partition coefficient (Wildman–Crippen LogP) is 4.88. The van der Waals surface area contributed by atoms with E-state index in [0.29, 0.717) is 15.3 Å². The highest BCUT2D eigenvalue weighted by atomic mass is 35.5. The molecule has 0 aliphatic heterocycles. The first-order valence-electron chi connectivity index (χ1n) is 7.46. The minimum absolute atomic E-state index is 0.231. The molecule has 1 N–H and O–H groups in total. The highest BCUT2D eigenvalue weighted by molar-refractivity contribution is 7.99. The van der Waals surface area contributed by atoms with Crippen molar-refractivity contribution < 1.29 is 5.11 Å². The van der Waals surface area contributed by atoms with Crippen LogP contribution in [0.1, 0.15) is 38.9 Å². The third-order valence-corrected chi connectivity index (χ3v) is 5.96. The molecule has 0 saturated heterocycles. The number of halogens is 2.